The van der Waals surface area contributed by atoms with E-state index in [2.05, 4.69) is 5.32 Å². The maximum atomic E-state index is 11.6. The third-order valence-electron chi connectivity index (χ3n) is 4.11. The number of carbonyl (C=O) groups is 1. The molecule has 1 rings (SSSR count). The summed E-state index contributed by atoms with van der Waals surface area (Å²) >= 11 is 0. The van der Waals surface area contributed by atoms with E-state index in [-0.39, 0.29) is 6.42 Å². The Morgan fingerprint density at radius 2 is 1.81 bits per heavy atom. The fourth-order valence-corrected chi connectivity index (χ4v) is 2.41. The molecule has 1 amide bonds. The van der Waals surface area contributed by atoms with Crippen LogP contribution in [0.2, 0.25) is 0 Å². The summed E-state index contributed by atoms with van der Waals surface area (Å²) in [4.78, 5) is 11.6. The lowest BCUT2D eigenvalue weighted by molar-refractivity contribution is -0.303. The molecule has 9 atom stereocenters. The van der Waals surface area contributed by atoms with Crippen LogP contribution in [0.15, 0.2) is 0 Å². The van der Waals surface area contributed by atoms with Crippen molar-refractivity contribution in [2.45, 2.75) is 68.4 Å². The van der Waals surface area contributed by atoms with Gasteiger partial charge >= 0.3 is 0 Å². The molecule has 11 heteroatoms. The second-order valence-corrected chi connectivity index (χ2v) is 6.06. The third-order valence-corrected chi connectivity index (χ3v) is 4.11. The van der Waals surface area contributed by atoms with Crippen LogP contribution in [0.1, 0.15) is 13.3 Å². The van der Waals surface area contributed by atoms with Crippen molar-refractivity contribution in [1.29, 1.82) is 0 Å². The van der Waals surface area contributed by atoms with Crippen LogP contribution in [-0.2, 0) is 14.3 Å². The lowest BCUT2D eigenvalue weighted by Gasteiger charge is -2.40. The molecule has 0 saturated carbocycles. The van der Waals surface area contributed by atoms with Crippen molar-refractivity contribution in [3.8, 4) is 0 Å². The minimum absolute atomic E-state index is 0.152. The summed E-state index contributed by atoms with van der Waals surface area (Å²) in [6.07, 6.45) is -12.0. The fraction of sp³-hybridized carbons (Fsp3) is 0.867. The zero-order valence-corrected chi connectivity index (χ0v) is 14.3. The Bertz CT molecular complexity index is 435. The van der Waals surface area contributed by atoms with Gasteiger partial charge in [-0.3, -0.25) is 4.79 Å². The molecule has 1 aliphatic rings. The highest BCUT2D eigenvalue weighted by Gasteiger charge is 2.44. The van der Waals surface area contributed by atoms with Gasteiger partial charge in [0.2, 0.25) is 5.91 Å². The van der Waals surface area contributed by atoms with E-state index in [1.807, 2.05) is 0 Å². The summed E-state index contributed by atoms with van der Waals surface area (Å²) in [6.45, 7) is 5.46. The van der Waals surface area contributed by atoms with Crippen LogP contribution in [-0.4, -0.2) is 110 Å². The molecule has 2 unspecified atom stereocenters. The Morgan fingerprint density at radius 1 is 1.19 bits per heavy atom. The van der Waals surface area contributed by atoms with E-state index in [1.54, 1.807) is 6.92 Å². The highest BCUT2D eigenvalue weighted by Crippen LogP contribution is 2.22. The molecule has 8 N–H and O–H groups in total. The molecular weight excluding hydrogens is 354 g/mol. The van der Waals surface area contributed by atoms with Crippen LogP contribution in [0.25, 0.3) is 0 Å². The van der Waals surface area contributed by atoms with Crippen LogP contribution in [0, 0.1) is 6.92 Å². The molecule has 152 valence electrons. The van der Waals surface area contributed by atoms with Crippen molar-refractivity contribution in [2.24, 2.45) is 0 Å². The molecule has 0 bridgehead atoms. The highest BCUT2D eigenvalue weighted by atomic mass is 16.7. The van der Waals surface area contributed by atoms with Gasteiger partial charge in [-0.15, -0.1) is 0 Å². The Kier molecular flexibility index (Phi) is 9.30. The van der Waals surface area contributed by atoms with Gasteiger partial charge in [-0.2, -0.15) is 0 Å². The number of ether oxygens (including phenoxy) is 2. The van der Waals surface area contributed by atoms with E-state index in [9.17, 15) is 30.3 Å². The van der Waals surface area contributed by atoms with E-state index in [4.69, 9.17) is 26.6 Å². The summed E-state index contributed by atoms with van der Waals surface area (Å²) in [7, 11) is 0. The van der Waals surface area contributed by atoms with E-state index in [0.717, 1.165) is 0 Å². The van der Waals surface area contributed by atoms with E-state index >= 15 is 0 Å². The van der Waals surface area contributed by atoms with E-state index in [1.165, 1.54) is 0 Å². The van der Waals surface area contributed by atoms with E-state index < -0.39 is 74.2 Å². The Balaban J connectivity index is 2.79. The molecule has 0 spiro atoms. The minimum atomic E-state index is -1.87. The normalized spacial score (nSPS) is 34.0. The molecular formula is C15H27NO10. The second kappa shape index (κ2) is 10.4. The van der Waals surface area contributed by atoms with Gasteiger partial charge in [0.25, 0.3) is 0 Å². The Hall–Kier alpha value is -0.890. The molecule has 2 radical (unpaired) electrons. The molecule has 1 saturated heterocycles. The quantitative estimate of drug-likeness (QED) is 0.193. The van der Waals surface area contributed by atoms with Crippen LogP contribution in [0.3, 0.4) is 0 Å². The van der Waals surface area contributed by atoms with Crippen LogP contribution < -0.4 is 5.32 Å². The highest BCUT2D eigenvalue weighted by molar-refractivity contribution is 5.81. The number of aliphatic hydroxyl groups excluding tert-OH is 7. The number of rotatable bonds is 9. The lowest BCUT2D eigenvalue weighted by atomic mass is 9.99. The fourth-order valence-electron chi connectivity index (χ4n) is 2.41. The predicted octanol–water partition coefficient (Wildman–Crippen LogP) is -4.51. The van der Waals surface area contributed by atoms with Crippen LogP contribution in [0.4, 0.5) is 0 Å². The zero-order valence-electron chi connectivity index (χ0n) is 14.3. The number of carbonyl (C=O) groups excluding carboxylic acids is 1. The molecule has 1 fully saturated rings. The largest absolute Gasteiger partial charge is 0.394 e. The SMILES string of the molecule is [CH][C@H](O)C(=O)N[C@@H](CO[C@@H]1OC(CO)[C@H](O)[C@H](O)C1O)[C@H](O)[C@H](O)CC. The summed E-state index contributed by atoms with van der Waals surface area (Å²) < 4.78 is 10.4. The van der Waals surface area contributed by atoms with Gasteiger partial charge < -0.3 is 50.5 Å². The van der Waals surface area contributed by atoms with Gasteiger partial charge in [-0.05, 0) is 6.42 Å². The zero-order chi connectivity index (χ0) is 20.0. The van der Waals surface area contributed by atoms with Crippen molar-refractivity contribution in [3.63, 3.8) is 0 Å². The lowest BCUT2D eigenvalue weighted by Crippen LogP contribution is -2.60. The molecule has 26 heavy (non-hydrogen) atoms. The number of aliphatic hydroxyl groups is 7. The first-order valence-corrected chi connectivity index (χ1v) is 8.16. The first-order chi connectivity index (χ1) is 12.1. The molecule has 0 aromatic carbocycles. The minimum Gasteiger partial charge on any atom is -0.394 e. The maximum absolute atomic E-state index is 11.6. The van der Waals surface area contributed by atoms with Gasteiger partial charge in [-0.1, -0.05) is 6.92 Å². The second-order valence-electron chi connectivity index (χ2n) is 6.06. The first-order valence-electron chi connectivity index (χ1n) is 8.16. The third kappa shape index (κ3) is 5.81. The maximum Gasteiger partial charge on any atom is 0.249 e. The van der Waals surface area contributed by atoms with Crippen molar-refractivity contribution >= 4 is 5.91 Å². The number of hydrogen-bond acceptors (Lipinski definition) is 10. The summed E-state index contributed by atoms with van der Waals surface area (Å²) in [5, 5.41) is 69.5. The molecule has 1 aliphatic heterocycles. The first kappa shape index (κ1) is 23.1. The molecule has 11 nitrogen and oxygen atoms in total. The van der Waals surface area contributed by atoms with Crippen molar-refractivity contribution in [1.82, 2.24) is 5.32 Å². The molecule has 0 aromatic heterocycles. The van der Waals surface area contributed by atoms with Crippen LogP contribution in [0.5, 0.6) is 0 Å². The Morgan fingerprint density at radius 3 is 2.31 bits per heavy atom. The standard InChI is InChI=1S/C15H27NO10/c1-3-8(19)10(20)7(16-14(24)6(2)18)5-25-15-13(23)12(22)11(21)9(4-17)26-15/h2,6-13,15,17-23H,3-5H2,1H3,(H,16,24)/t6-,7-,8+,9?,10-,11-,12-,13?,15+/m0/s1. The molecule has 0 aliphatic carbocycles. The monoisotopic (exact) mass is 381 g/mol. The predicted molar refractivity (Wildman–Crippen MR) is 84.3 cm³/mol. The van der Waals surface area contributed by atoms with Crippen LogP contribution >= 0.6 is 0 Å². The van der Waals surface area contributed by atoms with Crippen molar-refractivity contribution in [2.75, 3.05) is 13.2 Å². The smallest absolute Gasteiger partial charge is 0.249 e. The Labute approximate surface area is 150 Å². The van der Waals surface area contributed by atoms with Crippen molar-refractivity contribution in [3.05, 3.63) is 6.92 Å². The van der Waals surface area contributed by atoms with Crippen molar-refractivity contribution < 1.29 is 50.0 Å². The van der Waals surface area contributed by atoms with E-state index in [0.29, 0.717) is 0 Å². The van der Waals surface area contributed by atoms with Gasteiger partial charge in [0.15, 0.2) is 6.29 Å². The average Bonchev–Trinajstić information content (AvgIpc) is 2.62. The molecule has 1 heterocycles. The van der Waals surface area contributed by atoms with Gasteiger partial charge in [-0.25, -0.2) is 0 Å². The van der Waals surface area contributed by atoms with Gasteiger partial charge in [0.05, 0.1) is 25.4 Å². The topological polar surface area (TPSA) is 189 Å². The van der Waals surface area contributed by atoms with Gasteiger partial charge in [0, 0.05) is 6.92 Å². The molecule has 0 aromatic rings. The number of nitrogens with one attached hydrogen (secondary N) is 1. The summed E-state index contributed by atoms with van der Waals surface area (Å²) in [6, 6.07) is -1.23. The average molecular weight is 381 g/mol. The summed E-state index contributed by atoms with van der Waals surface area (Å²) in [5.74, 6) is -1.03. The van der Waals surface area contributed by atoms with Gasteiger partial charge in [0.1, 0.15) is 36.6 Å². The number of hydrogen-bond donors (Lipinski definition) is 8. The number of amides is 1. The summed E-state index contributed by atoms with van der Waals surface area (Å²) in [5.41, 5.74) is 0.